The SMILES string of the molecule is CN(c1ccc2c(c1)nc(C(C)(C)C)n2CC1CCOCC1)S(=O)(=O)C1=CCC(C)([NH+]=O)C=C1. The Morgan fingerprint density at radius 1 is 1.26 bits per heavy atom. The lowest BCUT2D eigenvalue weighted by Crippen LogP contribution is -2.80. The van der Waals surface area contributed by atoms with Gasteiger partial charge in [-0.15, -0.1) is 0 Å². The van der Waals surface area contributed by atoms with E-state index in [1.165, 1.54) is 10.4 Å². The summed E-state index contributed by atoms with van der Waals surface area (Å²) in [5.74, 6) is 1.54. The van der Waals surface area contributed by atoms with E-state index in [9.17, 15) is 13.3 Å². The van der Waals surface area contributed by atoms with Crippen molar-refractivity contribution in [1.82, 2.24) is 9.55 Å². The molecule has 1 fully saturated rings. The quantitative estimate of drug-likeness (QED) is 0.676. The molecule has 0 spiro atoms. The van der Waals surface area contributed by atoms with Gasteiger partial charge in [0.2, 0.25) is 5.54 Å². The van der Waals surface area contributed by atoms with Gasteiger partial charge >= 0.3 is 0 Å². The van der Waals surface area contributed by atoms with Crippen molar-refractivity contribution >= 4 is 26.7 Å². The number of hydrogen-bond donors (Lipinski definition) is 1. The average Bonchev–Trinajstić information content (AvgIpc) is 3.17. The average molecular weight is 488 g/mol. The Morgan fingerprint density at radius 2 is 1.97 bits per heavy atom. The van der Waals surface area contributed by atoms with Gasteiger partial charge in [0.15, 0.2) is 0 Å². The minimum absolute atomic E-state index is 0.151. The molecule has 0 amide bonds. The van der Waals surface area contributed by atoms with Crippen molar-refractivity contribution < 1.29 is 18.3 Å². The zero-order valence-corrected chi connectivity index (χ0v) is 21.5. The zero-order valence-electron chi connectivity index (χ0n) is 20.7. The van der Waals surface area contributed by atoms with E-state index in [1.807, 2.05) is 23.4 Å². The molecule has 2 aromatic rings. The van der Waals surface area contributed by atoms with E-state index >= 15 is 0 Å². The summed E-state index contributed by atoms with van der Waals surface area (Å²) in [5, 5.41) is 1.97. The largest absolute Gasteiger partial charge is 0.381 e. The maximum atomic E-state index is 13.3. The molecule has 1 aliphatic carbocycles. The second-order valence-electron chi connectivity index (χ2n) is 10.7. The zero-order chi connectivity index (χ0) is 24.7. The number of hydrogen-bond acceptors (Lipinski definition) is 5. The Kier molecular flexibility index (Phi) is 6.46. The van der Waals surface area contributed by atoms with Gasteiger partial charge in [-0.1, -0.05) is 26.8 Å². The summed E-state index contributed by atoms with van der Waals surface area (Å²) in [5.41, 5.74) is 1.42. The molecule has 0 saturated carbocycles. The molecular weight excluding hydrogens is 452 g/mol. The predicted octanol–water partition coefficient (Wildman–Crippen LogP) is 2.98. The first kappa shape index (κ1) is 24.6. The van der Waals surface area contributed by atoms with E-state index in [-0.39, 0.29) is 10.3 Å². The summed E-state index contributed by atoms with van der Waals surface area (Å²) in [6.07, 6.45) is 7.07. The van der Waals surface area contributed by atoms with E-state index in [0.29, 0.717) is 18.0 Å². The van der Waals surface area contributed by atoms with Crippen molar-refractivity contribution in [2.45, 2.75) is 64.5 Å². The normalized spacial score (nSPS) is 22.1. The second kappa shape index (κ2) is 8.92. The highest BCUT2D eigenvalue weighted by Gasteiger charge is 2.34. The Bertz CT molecular complexity index is 1250. The molecule has 34 heavy (non-hydrogen) atoms. The number of fused-ring (bicyclic) bond motifs is 1. The minimum Gasteiger partial charge on any atom is -0.381 e. The third-order valence-corrected chi connectivity index (χ3v) is 8.61. The second-order valence-corrected chi connectivity index (χ2v) is 12.6. The number of nitrogens with zero attached hydrogens (tertiary/aromatic N) is 3. The van der Waals surface area contributed by atoms with Gasteiger partial charge in [0.25, 0.3) is 10.0 Å². The third kappa shape index (κ3) is 4.68. The fourth-order valence-electron chi connectivity index (χ4n) is 4.54. The summed E-state index contributed by atoms with van der Waals surface area (Å²) in [7, 11) is -2.22. The Balaban J connectivity index is 1.68. The van der Waals surface area contributed by atoms with Crippen molar-refractivity contribution in [2.75, 3.05) is 24.6 Å². The summed E-state index contributed by atoms with van der Waals surface area (Å²) in [4.78, 5) is 16.3. The van der Waals surface area contributed by atoms with Crippen LogP contribution in [0.25, 0.3) is 11.0 Å². The molecule has 1 aliphatic heterocycles. The van der Waals surface area contributed by atoms with Gasteiger partial charge in [-0.05, 0) is 54.3 Å². The molecule has 4 rings (SSSR count). The number of benzene rings is 1. The Labute approximate surface area is 201 Å². The molecule has 2 heterocycles. The standard InChI is InChI=1S/C25H34N4O4S/c1-24(2,3)23-26-21-16-19(6-7-22(21)29(23)17-18-10-14-33-15-11-18)28(5)34(31,32)20-8-12-25(4,27-30)13-9-20/h6-9,12,16,18H,10-11,13-15,17H2,1-5H3/p+1. The highest BCUT2D eigenvalue weighted by atomic mass is 32.2. The van der Waals surface area contributed by atoms with Crippen LogP contribution >= 0.6 is 0 Å². The van der Waals surface area contributed by atoms with Crippen LogP contribution in [0.2, 0.25) is 0 Å². The van der Waals surface area contributed by atoms with Gasteiger partial charge in [0.05, 0.1) is 21.6 Å². The maximum Gasteiger partial charge on any atom is 0.263 e. The first-order chi connectivity index (χ1) is 15.9. The van der Waals surface area contributed by atoms with Gasteiger partial charge in [0, 0.05) is 50.5 Å². The van der Waals surface area contributed by atoms with Gasteiger partial charge in [-0.3, -0.25) is 4.31 Å². The van der Waals surface area contributed by atoms with Crippen molar-refractivity contribution in [2.24, 2.45) is 5.92 Å². The lowest BCUT2D eigenvalue weighted by molar-refractivity contribution is -0.553. The molecule has 1 N–H and O–H groups in total. The number of ether oxygens (including phenoxy) is 1. The van der Waals surface area contributed by atoms with Crippen molar-refractivity contribution in [3.8, 4) is 0 Å². The Hall–Kier alpha value is -2.52. The summed E-state index contributed by atoms with van der Waals surface area (Å²) in [6, 6.07) is 5.66. The first-order valence-electron chi connectivity index (χ1n) is 11.8. The number of nitrogens with one attached hydrogen (secondary N) is 1. The van der Waals surface area contributed by atoms with E-state index in [2.05, 4.69) is 25.3 Å². The highest BCUT2D eigenvalue weighted by Crippen LogP contribution is 2.32. The van der Waals surface area contributed by atoms with Crippen molar-refractivity contribution in [1.29, 1.82) is 0 Å². The fourth-order valence-corrected chi connectivity index (χ4v) is 5.78. The Morgan fingerprint density at radius 3 is 2.56 bits per heavy atom. The van der Waals surface area contributed by atoms with Crippen LogP contribution in [0.5, 0.6) is 0 Å². The number of aromatic nitrogens is 2. The van der Waals surface area contributed by atoms with Crippen LogP contribution in [-0.2, 0) is 26.7 Å². The monoisotopic (exact) mass is 487 g/mol. The van der Waals surface area contributed by atoms with E-state index in [1.54, 1.807) is 26.1 Å². The molecule has 1 aromatic heterocycles. The molecule has 8 nitrogen and oxygen atoms in total. The van der Waals surface area contributed by atoms with Crippen LogP contribution < -0.4 is 9.48 Å². The molecule has 1 atom stereocenters. The summed E-state index contributed by atoms with van der Waals surface area (Å²) < 4.78 is 35.7. The van der Waals surface area contributed by atoms with Crippen LogP contribution in [0, 0.1) is 10.8 Å². The molecule has 1 unspecified atom stereocenters. The predicted molar refractivity (Wildman–Crippen MR) is 134 cm³/mol. The number of sulfonamides is 1. The lowest BCUT2D eigenvalue weighted by Gasteiger charge is -2.26. The number of nitroso groups, excluding NO2 is 1. The van der Waals surface area contributed by atoms with Crippen LogP contribution in [0.1, 0.15) is 52.8 Å². The summed E-state index contributed by atoms with van der Waals surface area (Å²) >= 11 is 0. The van der Waals surface area contributed by atoms with E-state index in [4.69, 9.17) is 9.72 Å². The number of anilines is 1. The van der Waals surface area contributed by atoms with Crippen LogP contribution in [0.3, 0.4) is 0 Å². The number of imidazole rings is 1. The third-order valence-electron chi connectivity index (χ3n) is 6.78. The topological polar surface area (TPSA) is 95.5 Å². The van der Waals surface area contributed by atoms with Crippen molar-refractivity contribution in [3.05, 3.63) is 52.1 Å². The maximum absolute atomic E-state index is 13.3. The number of allylic oxidation sites excluding steroid dienone is 1. The molecule has 184 valence electrons. The van der Waals surface area contributed by atoms with Gasteiger partial charge in [-0.25, -0.2) is 13.4 Å². The van der Waals surface area contributed by atoms with Crippen LogP contribution in [0.15, 0.2) is 41.3 Å². The van der Waals surface area contributed by atoms with Crippen molar-refractivity contribution in [3.63, 3.8) is 0 Å². The van der Waals surface area contributed by atoms with Crippen LogP contribution in [-0.4, -0.2) is 43.8 Å². The first-order valence-corrected chi connectivity index (χ1v) is 13.2. The minimum atomic E-state index is -3.77. The summed E-state index contributed by atoms with van der Waals surface area (Å²) in [6.45, 7) is 10.7. The molecular formula is C25H35N4O4S+. The van der Waals surface area contributed by atoms with Gasteiger partial charge in [0.1, 0.15) is 5.82 Å². The molecule has 0 bridgehead atoms. The molecule has 1 saturated heterocycles. The molecule has 1 aromatic carbocycles. The molecule has 9 heteroatoms. The smallest absolute Gasteiger partial charge is 0.263 e. The van der Waals surface area contributed by atoms with Gasteiger partial charge < -0.3 is 9.30 Å². The highest BCUT2D eigenvalue weighted by molar-refractivity contribution is 7.96. The fraction of sp³-hybridized carbons (Fsp3) is 0.560. The molecule has 0 radical (unpaired) electrons. The van der Waals surface area contributed by atoms with E-state index < -0.39 is 15.6 Å². The van der Waals surface area contributed by atoms with E-state index in [0.717, 1.165) is 49.5 Å². The molecule has 2 aliphatic rings. The number of rotatable bonds is 6. The van der Waals surface area contributed by atoms with Crippen LogP contribution in [0.4, 0.5) is 5.69 Å². The van der Waals surface area contributed by atoms with Gasteiger partial charge in [-0.2, -0.15) is 0 Å². The lowest BCUT2D eigenvalue weighted by atomic mass is 9.94.